The first kappa shape index (κ1) is 8.53. The molecular formula is C9H13NO3. The highest BCUT2D eigenvalue weighted by atomic mass is 16.4. The van der Waals surface area contributed by atoms with Crippen LogP contribution in [0.25, 0.3) is 0 Å². The molecule has 0 aromatic rings. The molecule has 72 valence electrons. The Morgan fingerprint density at radius 1 is 1.15 bits per heavy atom. The summed E-state index contributed by atoms with van der Waals surface area (Å²) in [5, 5.41) is 8.51. The lowest BCUT2D eigenvalue weighted by atomic mass is 10.0. The molecular weight excluding hydrogens is 170 g/mol. The topological polar surface area (TPSA) is 57.6 Å². The molecule has 2 rings (SSSR count). The molecule has 0 bridgehead atoms. The summed E-state index contributed by atoms with van der Waals surface area (Å²) in [5.41, 5.74) is 0. The fourth-order valence-corrected chi connectivity index (χ4v) is 2.54. The van der Waals surface area contributed by atoms with Gasteiger partial charge in [-0.1, -0.05) is 6.42 Å². The Morgan fingerprint density at radius 2 is 1.69 bits per heavy atom. The van der Waals surface area contributed by atoms with Crippen molar-refractivity contribution in [2.75, 3.05) is 13.1 Å². The number of aliphatic carboxylic acids is 1. The third-order valence-corrected chi connectivity index (χ3v) is 3.20. The average molecular weight is 183 g/mol. The van der Waals surface area contributed by atoms with Gasteiger partial charge in [0.1, 0.15) is 0 Å². The van der Waals surface area contributed by atoms with Gasteiger partial charge in [0.15, 0.2) is 0 Å². The fourth-order valence-electron chi connectivity index (χ4n) is 2.54. The smallest absolute Gasteiger partial charge is 0.394 e. The van der Waals surface area contributed by atoms with Gasteiger partial charge in [-0.15, -0.1) is 0 Å². The molecule has 0 aromatic heterocycles. The lowest BCUT2D eigenvalue weighted by molar-refractivity contribution is -0.155. The first-order valence-electron chi connectivity index (χ1n) is 4.70. The van der Waals surface area contributed by atoms with Crippen molar-refractivity contribution in [2.45, 2.75) is 19.3 Å². The first-order chi connectivity index (χ1) is 6.18. The second kappa shape index (κ2) is 3.01. The Bertz CT molecular complexity index is 239. The maximum atomic E-state index is 11.1. The Labute approximate surface area is 76.5 Å². The summed E-state index contributed by atoms with van der Waals surface area (Å²) in [6, 6.07) is 0. The van der Waals surface area contributed by atoms with Gasteiger partial charge >= 0.3 is 11.9 Å². The number of carbonyl (C=O) groups is 2. The van der Waals surface area contributed by atoms with Crippen molar-refractivity contribution in [3.8, 4) is 0 Å². The quantitative estimate of drug-likeness (QED) is 0.550. The lowest BCUT2D eigenvalue weighted by Gasteiger charge is -2.13. The van der Waals surface area contributed by atoms with E-state index in [2.05, 4.69) is 0 Å². The number of nitrogens with zero attached hydrogens (tertiary/aromatic N) is 1. The highest BCUT2D eigenvalue weighted by Gasteiger charge is 2.39. The van der Waals surface area contributed by atoms with E-state index >= 15 is 0 Å². The van der Waals surface area contributed by atoms with Crippen LogP contribution in [0.3, 0.4) is 0 Å². The maximum Gasteiger partial charge on any atom is 0.394 e. The second-order valence-corrected chi connectivity index (χ2v) is 3.97. The fraction of sp³-hybridized carbons (Fsp3) is 0.778. The summed E-state index contributed by atoms with van der Waals surface area (Å²) in [4.78, 5) is 23.0. The third kappa shape index (κ3) is 1.41. The van der Waals surface area contributed by atoms with Crippen LogP contribution in [-0.2, 0) is 9.59 Å². The van der Waals surface area contributed by atoms with E-state index in [0.29, 0.717) is 24.9 Å². The molecule has 2 unspecified atom stereocenters. The van der Waals surface area contributed by atoms with Gasteiger partial charge in [-0.3, -0.25) is 4.79 Å². The van der Waals surface area contributed by atoms with Gasteiger partial charge in [0.2, 0.25) is 0 Å². The first-order valence-corrected chi connectivity index (χ1v) is 4.70. The Balaban J connectivity index is 1.99. The van der Waals surface area contributed by atoms with E-state index in [1.807, 2.05) is 0 Å². The molecule has 1 saturated carbocycles. The van der Waals surface area contributed by atoms with Crippen molar-refractivity contribution in [3.63, 3.8) is 0 Å². The highest BCUT2D eigenvalue weighted by molar-refractivity contribution is 6.31. The van der Waals surface area contributed by atoms with E-state index in [4.69, 9.17) is 5.11 Å². The van der Waals surface area contributed by atoms with Crippen LogP contribution >= 0.6 is 0 Å². The third-order valence-electron chi connectivity index (χ3n) is 3.20. The van der Waals surface area contributed by atoms with Gasteiger partial charge in [-0.05, 0) is 24.7 Å². The van der Waals surface area contributed by atoms with E-state index in [1.54, 1.807) is 0 Å². The number of carbonyl (C=O) groups excluding carboxylic acids is 1. The van der Waals surface area contributed by atoms with Gasteiger partial charge in [0.25, 0.3) is 0 Å². The molecule has 2 fully saturated rings. The Morgan fingerprint density at radius 3 is 2.15 bits per heavy atom. The van der Waals surface area contributed by atoms with Crippen LogP contribution in [0.4, 0.5) is 0 Å². The largest absolute Gasteiger partial charge is 0.474 e. The number of likely N-dealkylation sites (tertiary alicyclic amines) is 1. The lowest BCUT2D eigenvalue weighted by Crippen LogP contribution is -2.35. The van der Waals surface area contributed by atoms with Crippen LogP contribution < -0.4 is 0 Å². The molecule has 1 N–H and O–H groups in total. The minimum atomic E-state index is -1.32. The van der Waals surface area contributed by atoms with Crippen LogP contribution in [0.1, 0.15) is 19.3 Å². The zero-order chi connectivity index (χ0) is 9.42. The van der Waals surface area contributed by atoms with E-state index < -0.39 is 11.9 Å². The summed E-state index contributed by atoms with van der Waals surface area (Å²) in [7, 11) is 0. The average Bonchev–Trinajstić information content (AvgIpc) is 2.59. The van der Waals surface area contributed by atoms with Crippen LogP contribution in [0.15, 0.2) is 0 Å². The number of carboxylic acid groups (broad SMARTS) is 1. The number of fused-ring (bicyclic) bond motifs is 1. The summed E-state index contributed by atoms with van der Waals surface area (Å²) in [5.74, 6) is -0.902. The van der Waals surface area contributed by atoms with Crippen molar-refractivity contribution in [2.24, 2.45) is 11.8 Å². The molecule has 4 nitrogen and oxygen atoms in total. The van der Waals surface area contributed by atoms with Crippen molar-refractivity contribution >= 4 is 11.9 Å². The summed E-state index contributed by atoms with van der Waals surface area (Å²) >= 11 is 0. The predicted octanol–water partition coefficient (Wildman–Crippen LogP) is 0.329. The molecule has 2 aliphatic rings. The normalized spacial score (nSPS) is 31.8. The van der Waals surface area contributed by atoms with Crippen LogP contribution in [-0.4, -0.2) is 35.0 Å². The van der Waals surface area contributed by atoms with Gasteiger partial charge in [-0.25, -0.2) is 4.79 Å². The zero-order valence-corrected chi connectivity index (χ0v) is 7.40. The van der Waals surface area contributed by atoms with Crippen molar-refractivity contribution in [1.29, 1.82) is 0 Å². The van der Waals surface area contributed by atoms with Crippen LogP contribution in [0.2, 0.25) is 0 Å². The summed E-state index contributed by atoms with van der Waals surface area (Å²) < 4.78 is 0. The Kier molecular flexibility index (Phi) is 1.98. The summed E-state index contributed by atoms with van der Waals surface area (Å²) in [6.07, 6.45) is 3.56. The van der Waals surface area contributed by atoms with Crippen LogP contribution in [0.5, 0.6) is 0 Å². The van der Waals surface area contributed by atoms with E-state index in [1.165, 1.54) is 11.3 Å². The molecule has 1 aliphatic carbocycles. The molecule has 13 heavy (non-hydrogen) atoms. The second-order valence-electron chi connectivity index (χ2n) is 3.97. The number of hydrogen-bond acceptors (Lipinski definition) is 2. The van der Waals surface area contributed by atoms with Gasteiger partial charge in [-0.2, -0.15) is 0 Å². The molecule has 1 aliphatic heterocycles. The van der Waals surface area contributed by atoms with E-state index in [0.717, 1.165) is 12.8 Å². The predicted molar refractivity (Wildman–Crippen MR) is 45.0 cm³/mol. The highest BCUT2D eigenvalue weighted by Crippen LogP contribution is 2.37. The molecule has 1 amide bonds. The number of rotatable bonds is 0. The molecule has 1 heterocycles. The summed E-state index contributed by atoms with van der Waals surface area (Å²) in [6.45, 7) is 1.32. The van der Waals surface area contributed by atoms with Crippen LogP contribution in [0, 0.1) is 11.8 Å². The minimum absolute atomic E-state index is 0.572. The number of amides is 1. The van der Waals surface area contributed by atoms with Crippen molar-refractivity contribution < 1.29 is 14.7 Å². The van der Waals surface area contributed by atoms with Crippen molar-refractivity contribution in [3.05, 3.63) is 0 Å². The standard InChI is InChI=1S/C9H13NO3/c11-8(9(12)13)10-4-6-2-1-3-7(6)5-10/h6-7H,1-5H2,(H,12,13). The van der Waals surface area contributed by atoms with Crippen molar-refractivity contribution in [1.82, 2.24) is 4.90 Å². The number of hydrogen-bond donors (Lipinski definition) is 1. The zero-order valence-electron chi connectivity index (χ0n) is 7.40. The Hall–Kier alpha value is -1.06. The SMILES string of the molecule is O=C(O)C(=O)N1CC2CCCC2C1. The van der Waals surface area contributed by atoms with Gasteiger partial charge < -0.3 is 10.0 Å². The molecule has 4 heteroatoms. The van der Waals surface area contributed by atoms with E-state index in [-0.39, 0.29) is 0 Å². The molecule has 0 aromatic carbocycles. The molecule has 1 saturated heterocycles. The van der Waals surface area contributed by atoms with Gasteiger partial charge in [0, 0.05) is 13.1 Å². The van der Waals surface area contributed by atoms with Gasteiger partial charge in [0.05, 0.1) is 0 Å². The monoisotopic (exact) mass is 183 g/mol. The molecule has 0 radical (unpaired) electrons. The number of carboxylic acids is 1. The maximum absolute atomic E-state index is 11.1. The van der Waals surface area contributed by atoms with E-state index in [9.17, 15) is 9.59 Å². The molecule has 0 spiro atoms. The minimum Gasteiger partial charge on any atom is -0.474 e. The molecule has 2 atom stereocenters.